The maximum Gasteiger partial charge on any atom is 0.667 e. The number of phosphoric ester groups is 1. The summed E-state index contributed by atoms with van der Waals surface area (Å²) >= 11 is 0. The normalized spacial score (nSPS) is 21.8. The van der Waals surface area contributed by atoms with E-state index in [0.29, 0.717) is 23.0 Å². The molecule has 4 unspecified atom stereocenters. The number of ether oxygens (including phenoxy) is 2. The van der Waals surface area contributed by atoms with Crippen LogP contribution in [0.4, 0.5) is 0 Å². The predicted molar refractivity (Wildman–Crippen MR) is 154 cm³/mol. The summed E-state index contributed by atoms with van der Waals surface area (Å²) in [5.41, 5.74) is 0. The lowest BCUT2D eigenvalue weighted by molar-refractivity contribution is -0.000643. The van der Waals surface area contributed by atoms with E-state index in [1.54, 1.807) is 97.1 Å². The number of para-hydroxylation sites is 4. The third-order valence-corrected chi connectivity index (χ3v) is 9.16. The van der Waals surface area contributed by atoms with Crippen LogP contribution in [0.2, 0.25) is 0 Å². The molecule has 0 amide bonds. The molecular formula is C30H29O10P2+. The smallest absolute Gasteiger partial charge is 0.395 e. The average molecular weight is 612 g/mol. The molecule has 42 heavy (non-hydrogen) atoms. The van der Waals surface area contributed by atoms with E-state index in [0.717, 1.165) is 0 Å². The van der Waals surface area contributed by atoms with Crippen molar-refractivity contribution in [3.8, 4) is 23.0 Å². The molecule has 0 bridgehead atoms. The molecule has 4 aromatic rings. The predicted octanol–water partition coefficient (Wildman–Crippen LogP) is 6.65. The molecule has 2 fully saturated rings. The van der Waals surface area contributed by atoms with Gasteiger partial charge in [-0.1, -0.05) is 72.8 Å². The van der Waals surface area contributed by atoms with Gasteiger partial charge in [-0.2, -0.15) is 4.89 Å². The zero-order valence-electron chi connectivity index (χ0n) is 22.3. The molecule has 4 atom stereocenters. The lowest BCUT2D eigenvalue weighted by atomic mass is 10.1. The minimum Gasteiger partial charge on any atom is -0.395 e. The van der Waals surface area contributed by atoms with Crippen molar-refractivity contribution in [1.82, 2.24) is 0 Å². The largest absolute Gasteiger partial charge is 0.667 e. The highest BCUT2D eigenvalue weighted by Crippen LogP contribution is 2.60. The molecule has 0 spiro atoms. The van der Waals surface area contributed by atoms with Gasteiger partial charge in [-0.15, -0.1) is 4.52 Å². The van der Waals surface area contributed by atoms with Gasteiger partial charge in [-0.25, -0.2) is 4.57 Å². The molecule has 0 saturated carbocycles. The van der Waals surface area contributed by atoms with E-state index < -0.39 is 40.4 Å². The second-order valence-electron chi connectivity index (χ2n) is 9.42. The van der Waals surface area contributed by atoms with Gasteiger partial charge in [-0.3, -0.25) is 13.6 Å². The summed E-state index contributed by atoms with van der Waals surface area (Å²) in [6.45, 7) is 0.0582. The van der Waals surface area contributed by atoms with Crippen molar-refractivity contribution in [1.29, 1.82) is 0 Å². The molecule has 2 saturated heterocycles. The van der Waals surface area contributed by atoms with Crippen LogP contribution in [0.1, 0.15) is 0 Å². The van der Waals surface area contributed by atoms with Crippen molar-refractivity contribution in [2.24, 2.45) is 0 Å². The monoisotopic (exact) mass is 611 g/mol. The SMILES string of the molecule is O=P(Oc1ccccc1)(Oc1ccccc1)OC1COC2C(O[P+](O)(Oc3ccccc3)Oc3ccccc3)COC12. The molecule has 0 aliphatic carbocycles. The second-order valence-corrected chi connectivity index (χ2v) is 12.4. The Bertz CT molecular complexity index is 1380. The molecule has 2 aliphatic heterocycles. The first-order valence-electron chi connectivity index (χ1n) is 13.3. The van der Waals surface area contributed by atoms with Crippen LogP contribution in [0.3, 0.4) is 0 Å². The van der Waals surface area contributed by atoms with Gasteiger partial charge in [0.25, 0.3) is 0 Å². The Kier molecular flexibility index (Phi) is 8.74. The fraction of sp³-hybridized carbons (Fsp3) is 0.200. The summed E-state index contributed by atoms with van der Waals surface area (Å²) < 4.78 is 61.2. The summed E-state index contributed by atoms with van der Waals surface area (Å²) in [5, 5.41) is 0. The minimum atomic E-state index is -4.21. The Morgan fingerprint density at radius 2 is 0.976 bits per heavy atom. The highest BCUT2D eigenvalue weighted by molar-refractivity contribution is 7.56. The zero-order valence-corrected chi connectivity index (χ0v) is 24.1. The van der Waals surface area contributed by atoms with Crippen molar-refractivity contribution >= 4 is 16.0 Å². The summed E-state index contributed by atoms with van der Waals surface area (Å²) in [5.74, 6) is 1.36. The van der Waals surface area contributed by atoms with Crippen LogP contribution in [0, 0.1) is 0 Å². The number of phosphoric acid groups is 1. The van der Waals surface area contributed by atoms with Crippen LogP contribution in [-0.2, 0) is 23.1 Å². The number of hydrogen-bond donors (Lipinski definition) is 1. The molecule has 10 nitrogen and oxygen atoms in total. The van der Waals surface area contributed by atoms with Gasteiger partial charge in [0.2, 0.25) is 0 Å². The van der Waals surface area contributed by atoms with E-state index in [1.165, 1.54) is 0 Å². The van der Waals surface area contributed by atoms with Crippen molar-refractivity contribution in [3.05, 3.63) is 121 Å². The summed E-state index contributed by atoms with van der Waals surface area (Å²) in [7, 11) is -8.18. The summed E-state index contributed by atoms with van der Waals surface area (Å²) in [6.07, 6.45) is -2.97. The maximum atomic E-state index is 13.9. The van der Waals surface area contributed by atoms with Gasteiger partial charge in [0.1, 0.15) is 29.8 Å². The standard InChI is InChI=1S/C30H29O10P2/c31-41(35-23-13-5-1-6-14-23,36-24-15-7-2-8-16-24)39-27-21-33-30-28(22-34-29(27)30)40-42(32,37-25-17-9-3-10-18-25)38-26-19-11-4-12-20-26/h1-20,27-31H,21-22H2/q+1. The van der Waals surface area contributed by atoms with Gasteiger partial charge in [0.15, 0.2) is 17.6 Å². The number of fused-ring (bicyclic) bond motifs is 1. The van der Waals surface area contributed by atoms with E-state index in [2.05, 4.69) is 0 Å². The van der Waals surface area contributed by atoms with Crippen LogP contribution >= 0.6 is 16.0 Å². The van der Waals surface area contributed by atoms with Gasteiger partial charge in [0, 0.05) is 0 Å². The molecule has 12 heteroatoms. The molecule has 0 aromatic heterocycles. The van der Waals surface area contributed by atoms with Crippen molar-refractivity contribution in [3.63, 3.8) is 0 Å². The van der Waals surface area contributed by atoms with E-state index in [4.69, 9.17) is 36.6 Å². The third-order valence-electron chi connectivity index (χ3n) is 6.34. The maximum absolute atomic E-state index is 13.9. The van der Waals surface area contributed by atoms with Crippen LogP contribution in [0.25, 0.3) is 0 Å². The number of hydrogen-bond acceptors (Lipinski definition) is 10. The van der Waals surface area contributed by atoms with E-state index >= 15 is 0 Å². The highest BCUT2D eigenvalue weighted by Gasteiger charge is 2.59. The molecule has 4 aromatic carbocycles. The van der Waals surface area contributed by atoms with Crippen molar-refractivity contribution < 1.29 is 46.1 Å². The quantitative estimate of drug-likeness (QED) is 0.175. The number of rotatable bonds is 12. The van der Waals surface area contributed by atoms with E-state index in [-0.39, 0.29) is 13.2 Å². The van der Waals surface area contributed by atoms with Gasteiger partial charge < -0.3 is 18.5 Å². The molecule has 1 N–H and O–H groups in total. The Hall–Kier alpha value is -3.46. The molecule has 2 aliphatic rings. The lowest BCUT2D eigenvalue weighted by Gasteiger charge is -2.23. The van der Waals surface area contributed by atoms with Crippen LogP contribution in [-0.4, -0.2) is 42.5 Å². The number of benzene rings is 4. The van der Waals surface area contributed by atoms with E-state index in [1.807, 2.05) is 24.3 Å². The molecule has 6 rings (SSSR count). The first-order valence-corrected chi connectivity index (χ1v) is 16.2. The zero-order chi connectivity index (χ0) is 28.8. The van der Waals surface area contributed by atoms with Crippen LogP contribution in [0.5, 0.6) is 23.0 Å². The molecule has 2 heterocycles. The van der Waals surface area contributed by atoms with Crippen LogP contribution in [0.15, 0.2) is 121 Å². The fourth-order valence-corrected chi connectivity index (χ4v) is 7.34. The molecule has 0 radical (unpaired) electrons. The van der Waals surface area contributed by atoms with E-state index in [9.17, 15) is 9.46 Å². The highest BCUT2D eigenvalue weighted by atomic mass is 31.2. The second kappa shape index (κ2) is 12.8. The summed E-state index contributed by atoms with van der Waals surface area (Å²) in [4.78, 5) is 11.5. The fourth-order valence-electron chi connectivity index (χ4n) is 4.52. The first-order chi connectivity index (χ1) is 20.5. The lowest BCUT2D eigenvalue weighted by Crippen LogP contribution is -2.35. The Morgan fingerprint density at radius 3 is 1.43 bits per heavy atom. The molecule has 218 valence electrons. The topological polar surface area (TPSA) is 111 Å². The Labute approximate surface area is 243 Å². The Balaban J connectivity index is 1.18. The summed E-state index contributed by atoms with van der Waals surface area (Å²) in [6, 6.07) is 34.7. The van der Waals surface area contributed by atoms with Gasteiger partial charge in [-0.05, 0) is 48.5 Å². The Morgan fingerprint density at radius 1 is 0.595 bits per heavy atom. The minimum absolute atomic E-state index is 0.0193. The van der Waals surface area contributed by atoms with Crippen molar-refractivity contribution in [2.45, 2.75) is 24.4 Å². The van der Waals surface area contributed by atoms with Crippen LogP contribution < -0.4 is 18.1 Å². The van der Waals surface area contributed by atoms with Gasteiger partial charge >= 0.3 is 16.0 Å². The first kappa shape index (κ1) is 28.6. The third kappa shape index (κ3) is 7.12. The average Bonchev–Trinajstić information content (AvgIpc) is 3.57. The van der Waals surface area contributed by atoms with Gasteiger partial charge in [0.05, 0.1) is 13.2 Å². The van der Waals surface area contributed by atoms with Crippen molar-refractivity contribution in [2.75, 3.05) is 13.2 Å². The molecular weight excluding hydrogens is 582 g/mol.